The third kappa shape index (κ3) is 5.19. The van der Waals surface area contributed by atoms with Gasteiger partial charge in [-0.15, -0.1) is 0 Å². The second-order valence-electron chi connectivity index (χ2n) is 5.72. The fourth-order valence-electron chi connectivity index (χ4n) is 2.17. The van der Waals surface area contributed by atoms with Crippen molar-refractivity contribution in [2.24, 2.45) is 5.73 Å². The highest BCUT2D eigenvalue weighted by Crippen LogP contribution is 2.31. The number of nitrogens with zero attached hydrogens (tertiary/aromatic N) is 1. The summed E-state index contributed by atoms with van der Waals surface area (Å²) in [4.78, 5) is 33.0. The molecule has 0 radical (unpaired) electrons. The highest BCUT2D eigenvalue weighted by molar-refractivity contribution is 7.92. The van der Waals surface area contributed by atoms with Gasteiger partial charge in [-0.2, -0.15) is 0 Å². The van der Waals surface area contributed by atoms with E-state index in [1.807, 2.05) is 0 Å². The summed E-state index contributed by atoms with van der Waals surface area (Å²) in [7, 11) is -2.97. The number of benzene rings is 2. The van der Waals surface area contributed by atoms with Gasteiger partial charge >= 0.3 is 5.97 Å². The van der Waals surface area contributed by atoms with Crippen LogP contribution in [0.1, 0.15) is 17.3 Å². The number of hydrogen-bond donors (Lipinski definition) is 2. The van der Waals surface area contributed by atoms with Crippen molar-refractivity contribution in [3.63, 3.8) is 0 Å². The summed E-state index contributed by atoms with van der Waals surface area (Å²) < 4.78 is 37.4. The quantitative estimate of drug-likeness (QED) is 0.365. The Labute approximate surface area is 165 Å². The third-order valence-electron chi connectivity index (χ3n) is 3.70. The normalized spacial score (nSPS) is 11.9. The molecule has 1 amide bonds. The molecule has 0 saturated heterocycles. The number of nitro groups is 1. The van der Waals surface area contributed by atoms with Gasteiger partial charge in [-0.25, -0.2) is 13.2 Å². The van der Waals surface area contributed by atoms with Crippen LogP contribution >= 0.6 is 0 Å². The Bertz CT molecular complexity index is 1070. The highest BCUT2D eigenvalue weighted by atomic mass is 32.2. The minimum atomic E-state index is -4.24. The van der Waals surface area contributed by atoms with Crippen molar-refractivity contribution in [1.82, 2.24) is 0 Å². The van der Waals surface area contributed by atoms with Crippen LogP contribution in [0.5, 0.6) is 5.75 Å². The molecule has 3 N–H and O–H groups in total. The van der Waals surface area contributed by atoms with E-state index in [2.05, 4.69) is 4.72 Å². The van der Waals surface area contributed by atoms with Crippen molar-refractivity contribution in [3.05, 3.63) is 58.1 Å². The Morgan fingerprint density at radius 1 is 1.21 bits per heavy atom. The number of carbonyl (C=O) groups excluding carboxylic acids is 2. The van der Waals surface area contributed by atoms with Gasteiger partial charge in [0.2, 0.25) is 0 Å². The fraction of sp³-hybridized carbons (Fsp3) is 0.176. The molecule has 0 fully saturated rings. The van der Waals surface area contributed by atoms with Crippen LogP contribution in [0.2, 0.25) is 0 Å². The van der Waals surface area contributed by atoms with Gasteiger partial charge in [0.15, 0.2) is 6.10 Å². The molecule has 1 unspecified atom stereocenters. The number of primary amides is 1. The SMILES string of the molecule is COc1ccc([N+](=O)[O-])cc1NS(=O)(=O)c1cccc(C(=O)OC(C)C(N)=O)c1. The summed E-state index contributed by atoms with van der Waals surface area (Å²) in [5.74, 6) is -1.74. The van der Waals surface area contributed by atoms with Crippen molar-refractivity contribution >= 4 is 33.3 Å². The summed E-state index contributed by atoms with van der Waals surface area (Å²) in [5.41, 5.74) is 4.39. The van der Waals surface area contributed by atoms with Crippen LogP contribution in [0.4, 0.5) is 11.4 Å². The van der Waals surface area contributed by atoms with Crippen molar-refractivity contribution < 1.29 is 32.4 Å². The first-order chi connectivity index (χ1) is 13.5. The molecule has 0 aliphatic heterocycles. The largest absolute Gasteiger partial charge is 0.495 e. The zero-order chi connectivity index (χ0) is 21.8. The number of nitrogens with two attached hydrogens (primary N) is 1. The summed E-state index contributed by atoms with van der Waals surface area (Å²) in [6.07, 6.45) is -1.20. The van der Waals surface area contributed by atoms with E-state index in [-0.39, 0.29) is 27.6 Å². The number of non-ortho nitro benzene ring substituents is 1. The molecule has 2 rings (SSSR count). The monoisotopic (exact) mass is 423 g/mol. The van der Waals surface area contributed by atoms with Gasteiger partial charge in [-0.3, -0.25) is 19.6 Å². The Hall–Kier alpha value is -3.67. The number of rotatable bonds is 8. The molecule has 0 bridgehead atoms. The van der Waals surface area contributed by atoms with Crippen molar-refractivity contribution in [3.8, 4) is 5.75 Å². The highest BCUT2D eigenvalue weighted by Gasteiger charge is 2.22. The molecule has 0 aromatic heterocycles. The second-order valence-corrected chi connectivity index (χ2v) is 7.41. The average molecular weight is 423 g/mol. The molecule has 12 heteroatoms. The number of esters is 1. The van der Waals surface area contributed by atoms with Crippen molar-refractivity contribution in [2.45, 2.75) is 17.9 Å². The molecule has 2 aromatic rings. The number of carbonyl (C=O) groups is 2. The molecule has 0 aliphatic rings. The van der Waals surface area contributed by atoms with Crippen LogP contribution in [-0.2, 0) is 19.6 Å². The lowest BCUT2D eigenvalue weighted by atomic mass is 10.2. The fourth-order valence-corrected chi connectivity index (χ4v) is 3.28. The van der Waals surface area contributed by atoms with Crippen molar-refractivity contribution in [1.29, 1.82) is 0 Å². The average Bonchev–Trinajstić information content (AvgIpc) is 2.67. The van der Waals surface area contributed by atoms with E-state index in [4.69, 9.17) is 15.2 Å². The predicted molar refractivity (Wildman–Crippen MR) is 101 cm³/mol. The number of nitrogens with one attached hydrogen (secondary N) is 1. The van der Waals surface area contributed by atoms with E-state index >= 15 is 0 Å². The third-order valence-corrected chi connectivity index (χ3v) is 5.07. The second kappa shape index (κ2) is 8.56. The number of hydrogen-bond acceptors (Lipinski definition) is 8. The Morgan fingerprint density at radius 2 is 1.90 bits per heavy atom. The maximum Gasteiger partial charge on any atom is 0.338 e. The number of sulfonamides is 1. The number of nitro benzene ring substituents is 1. The minimum Gasteiger partial charge on any atom is -0.495 e. The van der Waals surface area contributed by atoms with E-state index in [1.54, 1.807) is 0 Å². The smallest absolute Gasteiger partial charge is 0.338 e. The molecule has 11 nitrogen and oxygen atoms in total. The standard InChI is InChI=1S/C17H17N3O8S/c1-10(16(18)21)28-17(22)11-4-3-5-13(8-11)29(25,26)19-14-9-12(20(23)24)6-7-15(14)27-2/h3-10,19H,1-2H3,(H2,18,21). The Kier molecular flexibility index (Phi) is 6.38. The first-order valence-electron chi connectivity index (χ1n) is 8.00. The maximum absolute atomic E-state index is 12.7. The number of methoxy groups -OCH3 is 1. The molecule has 0 saturated carbocycles. The Balaban J connectivity index is 2.35. The minimum absolute atomic E-state index is 0.0602. The molecule has 0 spiro atoms. The van der Waals surface area contributed by atoms with Gasteiger partial charge in [-0.05, 0) is 31.2 Å². The van der Waals surface area contributed by atoms with Crippen LogP contribution in [0.25, 0.3) is 0 Å². The number of amides is 1. The zero-order valence-electron chi connectivity index (χ0n) is 15.3. The van der Waals surface area contributed by atoms with Crippen LogP contribution in [0.3, 0.4) is 0 Å². The topological polar surface area (TPSA) is 168 Å². The van der Waals surface area contributed by atoms with Gasteiger partial charge in [0, 0.05) is 12.1 Å². The lowest BCUT2D eigenvalue weighted by Crippen LogP contribution is -2.30. The summed E-state index contributed by atoms with van der Waals surface area (Å²) >= 11 is 0. The van der Waals surface area contributed by atoms with Crippen LogP contribution in [0, 0.1) is 10.1 Å². The summed E-state index contributed by atoms with van der Waals surface area (Å²) in [5, 5.41) is 10.9. The van der Waals surface area contributed by atoms with Crippen LogP contribution < -0.4 is 15.2 Å². The van der Waals surface area contributed by atoms with E-state index < -0.39 is 32.9 Å². The lowest BCUT2D eigenvalue weighted by molar-refractivity contribution is -0.384. The van der Waals surface area contributed by atoms with Gasteiger partial charge in [0.05, 0.1) is 28.2 Å². The first-order valence-corrected chi connectivity index (χ1v) is 9.49. The van der Waals surface area contributed by atoms with E-state index in [1.165, 1.54) is 38.3 Å². The maximum atomic E-state index is 12.7. The van der Waals surface area contributed by atoms with Gasteiger partial charge in [-0.1, -0.05) is 6.07 Å². The molecule has 0 heterocycles. The van der Waals surface area contributed by atoms with Crippen LogP contribution in [0.15, 0.2) is 47.4 Å². The molecule has 29 heavy (non-hydrogen) atoms. The molecular weight excluding hydrogens is 406 g/mol. The molecule has 1 atom stereocenters. The van der Waals surface area contributed by atoms with Crippen LogP contribution in [-0.4, -0.2) is 38.4 Å². The zero-order valence-corrected chi connectivity index (χ0v) is 16.1. The van der Waals surface area contributed by atoms with E-state index in [0.29, 0.717) is 0 Å². The predicted octanol–water partition coefficient (Wildman–Crippen LogP) is 1.43. The summed E-state index contributed by atoms with van der Waals surface area (Å²) in [6, 6.07) is 8.24. The molecule has 2 aromatic carbocycles. The van der Waals surface area contributed by atoms with E-state index in [9.17, 15) is 28.1 Å². The Morgan fingerprint density at radius 3 is 2.48 bits per heavy atom. The number of anilines is 1. The molecule has 0 aliphatic carbocycles. The van der Waals surface area contributed by atoms with Gasteiger partial charge < -0.3 is 15.2 Å². The number of ether oxygens (including phenoxy) is 2. The lowest BCUT2D eigenvalue weighted by Gasteiger charge is -2.13. The first kappa shape index (κ1) is 21.6. The molecular formula is C17H17N3O8S. The molecule has 154 valence electrons. The summed E-state index contributed by atoms with van der Waals surface area (Å²) in [6.45, 7) is 1.27. The van der Waals surface area contributed by atoms with Crippen molar-refractivity contribution in [2.75, 3.05) is 11.8 Å². The van der Waals surface area contributed by atoms with Gasteiger partial charge in [0.25, 0.3) is 21.6 Å². The van der Waals surface area contributed by atoms with Gasteiger partial charge in [0.1, 0.15) is 5.75 Å². The van der Waals surface area contributed by atoms with E-state index in [0.717, 1.165) is 18.2 Å².